The van der Waals surface area contributed by atoms with Crippen LogP contribution in [0.3, 0.4) is 0 Å². The van der Waals surface area contributed by atoms with Crippen LogP contribution in [0.1, 0.15) is 0 Å². The van der Waals surface area contributed by atoms with Gasteiger partial charge in [0.05, 0.1) is 17.5 Å². The SMILES string of the molecule is Brc1ccc(-c2cc3nccn3c(-c3cn[nH]c3)n2)cc1. The molecule has 3 aromatic heterocycles. The van der Waals surface area contributed by atoms with Crippen molar-refractivity contribution in [1.82, 2.24) is 24.6 Å². The fourth-order valence-corrected chi connectivity index (χ4v) is 2.53. The van der Waals surface area contributed by atoms with E-state index in [0.717, 1.165) is 32.8 Å². The van der Waals surface area contributed by atoms with Gasteiger partial charge in [0.2, 0.25) is 0 Å². The molecule has 0 radical (unpaired) electrons. The lowest BCUT2D eigenvalue weighted by Crippen LogP contribution is -1.97. The molecule has 4 rings (SSSR count). The summed E-state index contributed by atoms with van der Waals surface area (Å²) in [6.07, 6.45) is 7.25. The predicted molar refractivity (Wildman–Crippen MR) is 83.7 cm³/mol. The minimum Gasteiger partial charge on any atom is -0.285 e. The Morgan fingerprint density at radius 1 is 1.10 bits per heavy atom. The van der Waals surface area contributed by atoms with Crippen molar-refractivity contribution in [2.45, 2.75) is 0 Å². The normalized spacial score (nSPS) is 11.1. The monoisotopic (exact) mass is 339 g/mol. The Morgan fingerprint density at radius 2 is 1.95 bits per heavy atom. The maximum atomic E-state index is 4.76. The van der Waals surface area contributed by atoms with Crippen LogP contribution in [-0.2, 0) is 0 Å². The maximum absolute atomic E-state index is 4.76. The van der Waals surface area contributed by atoms with E-state index < -0.39 is 0 Å². The number of benzene rings is 1. The largest absolute Gasteiger partial charge is 0.285 e. The standard InChI is InChI=1S/C15H10BrN5/c16-12-3-1-10(2-4-12)13-7-14-17-5-6-21(14)15(20-13)11-8-18-19-9-11/h1-9H,(H,18,19). The van der Waals surface area contributed by atoms with E-state index in [4.69, 9.17) is 4.98 Å². The third kappa shape index (κ3) is 2.13. The first-order chi connectivity index (χ1) is 10.3. The van der Waals surface area contributed by atoms with Crippen LogP contribution in [0, 0.1) is 0 Å². The average molecular weight is 340 g/mol. The molecule has 1 aromatic carbocycles. The summed E-state index contributed by atoms with van der Waals surface area (Å²) in [4.78, 5) is 9.14. The van der Waals surface area contributed by atoms with Gasteiger partial charge in [-0.1, -0.05) is 28.1 Å². The average Bonchev–Trinajstić information content (AvgIpc) is 3.18. The number of rotatable bonds is 2. The second-order valence-electron chi connectivity index (χ2n) is 4.61. The maximum Gasteiger partial charge on any atom is 0.149 e. The van der Waals surface area contributed by atoms with Gasteiger partial charge in [-0.15, -0.1) is 0 Å². The number of aromatic nitrogens is 5. The summed E-state index contributed by atoms with van der Waals surface area (Å²) in [6.45, 7) is 0. The number of hydrogen-bond acceptors (Lipinski definition) is 3. The summed E-state index contributed by atoms with van der Waals surface area (Å²) in [5, 5.41) is 6.82. The Balaban J connectivity index is 1.97. The van der Waals surface area contributed by atoms with Gasteiger partial charge < -0.3 is 0 Å². The molecule has 6 heteroatoms. The molecule has 0 aliphatic rings. The van der Waals surface area contributed by atoms with Crippen LogP contribution in [0.25, 0.3) is 28.3 Å². The topological polar surface area (TPSA) is 58.9 Å². The first-order valence-corrected chi connectivity index (χ1v) is 7.20. The summed E-state index contributed by atoms with van der Waals surface area (Å²) in [6, 6.07) is 10.1. The summed E-state index contributed by atoms with van der Waals surface area (Å²) in [5.74, 6) is 0.816. The molecule has 0 fully saturated rings. The Morgan fingerprint density at radius 3 is 2.71 bits per heavy atom. The van der Waals surface area contributed by atoms with E-state index in [2.05, 4.69) is 31.1 Å². The molecule has 0 atom stereocenters. The number of nitrogens with one attached hydrogen (secondary N) is 1. The highest BCUT2D eigenvalue weighted by molar-refractivity contribution is 9.10. The van der Waals surface area contributed by atoms with E-state index in [9.17, 15) is 0 Å². The molecule has 0 unspecified atom stereocenters. The van der Waals surface area contributed by atoms with Crippen molar-refractivity contribution in [3.63, 3.8) is 0 Å². The third-order valence-corrected chi connectivity index (χ3v) is 3.81. The number of H-pyrrole nitrogens is 1. The molecule has 3 heterocycles. The van der Waals surface area contributed by atoms with Gasteiger partial charge in [0.25, 0.3) is 0 Å². The molecule has 1 N–H and O–H groups in total. The zero-order valence-electron chi connectivity index (χ0n) is 10.9. The van der Waals surface area contributed by atoms with Gasteiger partial charge in [0, 0.05) is 34.7 Å². The second-order valence-corrected chi connectivity index (χ2v) is 5.53. The minimum absolute atomic E-state index is 0.816. The fraction of sp³-hybridized carbons (Fsp3) is 0. The molecule has 0 saturated carbocycles. The summed E-state index contributed by atoms with van der Waals surface area (Å²) in [7, 11) is 0. The molecule has 21 heavy (non-hydrogen) atoms. The number of hydrogen-bond donors (Lipinski definition) is 1. The molecule has 5 nitrogen and oxygen atoms in total. The van der Waals surface area contributed by atoms with Crippen LogP contribution in [0.15, 0.2) is 59.6 Å². The molecule has 4 aromatic rings. The van der Waals surface area contributed by atoms with E-state index in [-0.39, 0.29) is 0 Å². The molecule has 102 valence electrons. The van der Waals surface area contributed by atoms with Crippen molar-refractivity contribution < 1.29 is 0 Å². The lowest BCUT2D eigenvalue weighted by Gasteiger charge is -2.07. The quantitative estimate of drug-likeness (QED) is 0.607. The highest BCUT2D eigenvalue weighted by atomic mass is 79.9. The Kier molecular flexibility index (Phi) is 2.82. The van der Waals surface area contributed by atoms with Gasteiger partial charge >= 0.3 is 0 Å². The van der Waals surface area contributed by atoms with E-state index >= 15 is 0 Å². The van der Waals surface area contributed by atoms with Crippen LogP contribution in [0.2, 0.25) is 0 Å². The number of aromatic amines is 1. The van der Waals surface area contributed by atoms with Gasteiger partial charge in [-0.05, 0) is 12.1 Å². The van der Waals surface area contributed by atoms with Crippen LogP contribution < -0.4 is 0 Å². The summed E-state index contributed by atoms with van der Waals surface area (Å²) < 4.78 is 3.00. The molecular formula is C15H10BrN5. The lowest BCUT2D eigenvalue weighted by molar-refractivity contribution is 1.09. The van der Waals surface area contributed by atoms with Crippen molar-refractivity contribution in [2.75, 3.05) is 0 Å². The molecule has 0 spiro atoms. The number of fused-ring (bicyclic) bond motifs is 1. The van der Waals surface area contributed by atoms with Gasteiger partial charge in [0.1, 0.15) is 11.5 Å². The van der Waals surface area contributed by atoms with Crippen LogP contribution in [0.4, 0.5) is 0 Å². The molecule has 0 aliphatic heterocycles. The molecular weight excluding hydrogens is 330 g/mol. The van der Waals surface area contributed by atoms with Crippen LogP contribution >= 0.6 is 15.9 Å². The highest BCUT2D eigenvalue weighted by Gasteiger charge is 2.10. The Bertz CT molecular complexity index is 894. The molecule has 0 bridgehead atoms. The zero-order valence-corrected chi connectivity index (χ0v) is 12.4. The first-order valence-electron chi connectivity index (χ1n) is 6.40. The second kappa shape index (κ2) is 4.82. The van der Waals surface area contributed by atoms with Crippen molar-refractivity contribution in [1.29, 1.82) is 0 Å². The number of halogens is 1. The first kappa shape index (κ1) is 12.3. The number of nitrogens with zero attached hydrogens (tertiary/aromatic N) is 4. The fourth-order valence-electron chi connectivity index (χ4n) is 2.27. The van der Waals surface area contributed by atoms with Crippen molar-refractivity contribution in [3.8, 4) is 22.6 Å². The van der Waals surface area contributed by atoms with Gasteiger partial charge in [0.15, 0.2) is 0 Å². The van der Waals surface area contributed by atoms with Gasteiger partial charge in [-0.2, -0.15) is 5.10 Å². The Labute approximate surface area is 128 Å². The summed E-state index contributed by atoms with van der Waals surface area (Å²) in [5.41, 5.74) is 3.72. The van der Waals surface area contributed by atoms with Crippen LogP contribution in [-0.4, -0.2) is 24.6 Å². The molecule has 0 amide bonds. The zero-order chi connectivity index (χ0) is 14.2. The van der Waals surface area contributed by atoms with E-state index in [1.54, 1.807) is 12.4 Å². The van der Waals surface area contributed by atoms with Crippen molar-refractivity contribution in [3.05, 3.63) is 59.6 Å². The minimum atomic E-state index is 0.816. The van der Waals surface area contributed by atoms with Gasteiger partial charge in [-0.25, -0.2) is 9.97 Å². The Hall–Kier alpha value is -2.47. The van der Waals surface area contributed by atoms with E-state index in [1.807, 2.05) is 47.1 Å². The van der Waals surface area contributed by atoms with E-state index in [0.29, 0.717) is 0 Å². The third-order valence-electron chi connectivity index (χ3n) is 3.29. The van der Waals surface area contributed by atoms with Gasteiger partial charge in [-0.3, -0.25) is 9.50 Å². The van der Waals surface area contributed by atoms with Crippen molar-refractivity contribution >= 4 is 21.6 Å². The van der Waals surface area contributed by atoms with E-state index in [1.165, 1.54) is 0 Å². The lowest BCUT2D eigenvalue weighted by atomic mass is 10.1. The highest BCUT2D eigenvalue weighted by Crippen LogP contribution is 2.25. The van der Waals surface area contributed by atoms with Crippen molar-refractivity contribution in [2.24, 2.45) is 0 Å². The number of imidazole rings is 1. The predicted octanol–water partition coefficient (Wildman–Crippen LogP) is 3.55. The molecule has 0 aliphatic carbocycles. The smallest absolute Gasteiger partial charge is 0.149 e. The summed E-state index contributed by atoms with van der Waals surface area (Å²) >= 11 is 3.45. The van der Waals surface area contributed by atoms with Crippen LogP contribution in [0.5, 0.6) is 0 Å². The molecule has 0 saturated heterocycles.